The van der Waals surface area contributed by atoms with E-state index in [1.807, 2.05) is 31.2 Å². The number of nitrogen functional groups attached to an aromatic ring is 1. The Balaban J connectivity index is 2.28. The zero-order valence-electron chi connectivity index (χ0n) is 9.82. The van der Waals surface area contributed by atoms with E-state index >= 15 is 0 Å². The summed E-state index contributed by atoms with van der Waals surface area (Å²) in [6.45, 7) is 3.56. The highest BCUT2D eigenvalue weighted by Crippen LogP contribution is 2.06. The second-order valence-corrected chi connectivity index (χ2v) is 4.34. The molecule has 0 aliphatic carbocycles. The van der Waals surface area contributed by atoms with Crippen LogP contribution in [0, 0.1) is 0 Å². The van der Waals surface area contributed by atoms with Crippen molar-refractivity contribution in [2.24, 2.45) is 11.5 Å². The number of nitrogens with two attached hydrogens (primary N) is 3. The summed E-state index contributed by atoms with van der Waals surface area (Å²) in [5.74, 6) is 0. The fraction of sp³-hybridized carbons (Fsp3) is 0.500. The number of anilines is 1. The molecule has 16 heavy (non-hydrogen) atoms. The van der Waals surface area contributed by atoms with Gasteiger partial charge in [0.25, 0.3) is 0 Å². The zero-order chi connectivity index (χ0) is 12.0. The van der Waals surface area contributed by atoms with Gasteiger partial charge in [-0.3, -0.25) is 0 Å². The first-order valence-corrected chi connectivity index (χ1v) is 5.64. The summed E-state index contributed by atoms with van der Waals surface area (Å²) < 4.78 is 0. The van der Waals surface area contributed by atoms with Gasteiger partial charge in [-0.15, -0.1) is 0 Å². The molecule has 1 aromatic rings. The van der Waals surface area contributed by atoms with Gasteiger partial charge < -0.3 is 22.5 Å². The first-order valence-electron chi connectivity index (χ1n) is 5.64. The van der Waals surface area contributed by atoms with Crippen LogP contribution in [0.25, 0.3) is 0 Å². The van der Waals surface area contributed by atoms with Crippen molar-refractivity contribution >= 4 is 5.69 Å². The predicted molar refractivity (Wildman–Crippen MR) is 69.1 cm³/mol. The van der Waals surface area contributed by atoms with E-state index in [0.717, 1.165) is 25.2 Å². The van der Waals surface area contributed by atoms with E-state index in [-0.39, 0.29) is 12.1 Å². The molecule has 2 atom stereocenters. The van der Waals surface area contributed by atoms with Crippen LogP contribution in [-0.2, 0) is 6.42 Å². The molecule has 7 N–H and O–H groups in total. The summed E-state index contributed by atoms with van der Waals surface area (Å²) in [6.07, 6.45) is 0.853. The van der Waals surface area contributed by atoms with Crippen molar-refractivity contribution in [1.82, 2.24) is 5.32 Å². The highest BCUT2D eigenvalue weighted by Gasteiger charge is 2.04. The van der Waals surface area contributed by atoms with Crippen molar-refractivity contribution in [3.63, 3.8) is 0 Å². The highest BCUT2D eigenvalue weighted by molar-refractivity contribution is 5.39. The van der Waals surface area contributed by atoms with Gasteiger partial charge in [0.2, 0.25) is 0 Å². The van der Waals surface area contributed by atoms with E-state index < -0.39 is 0 Å². The third-order valence-corrected chi connectivity index (χ3v) is 2.35. The molecule has 0 spiro atoms. The largest absolute Gasteiger partial charge is 0.399 e. The van der Waals surface area contributed by atoms with Gasteiger partial charge >= 0.3 is 0 Å². The van der Waals surface area contributed by atoms with Gasteiger partial charge in [0.15, 0.2) is 0 Å². The average molecular weight is 222 g/mol. The standard InChI is InChI=1S/C12H22N4/c1-9(13)7-16-8-12(15)6-10-2-4-11(14)5-3-10/h2-5,9,12,16H,6-8,13-15H2,1H3/t9-,12-/m0/s1. The topological polar surface area (TPSA) is 90.1 Å². The first-order chi connectivity index (χ1) is 7.58. The predicted octanol–water partition coefficient (Wildman–Crippen LogP) is 0.0754. The third kappa shape index (κ3) is 5.11. The van der Waals surface area contributed by atoms with Crippen LogP contribution >= 0.6 is 0 Å². The van der Waals surface area contributed by atoms with Crippen LogP contribution in [0.1, 0.15) is 12.5 Å². The lowest BCUT2D eigenvalue weighted by Gasteiger charge is -2.14. The Morgan fingerprint density at radius 1 is 1.12 bits per heavy atom. The summed E-state index contributed by atoms with van der Waals surface area (Å²) >= 11 is 0. The molecule has 0 heterocycles. The van der Waals surface area contributed by atoms with E-state index in [4.69, 9.17) is 17.2 Å². The lowest BCUT2D eigenvalue weighted by molar-refractivity contribution is 0.544. The number of rotatable bonds is 6. The molecule has 1 rings (SSSR count). The maximum atomic E-state index is 6.00. The first kappa shape index (κ1) is 13.0. The van der Waals surface area contributed by atoms with Crippen molar-refractivity contribution in [1.29, 1.82) is 0 Å². The molecule has 0 amide bonds. The minimum Gasteiger partial charge on any atom is -0.399 e. The zero-order valence-corrected chi connectivity index (χ0v) is 9.82. The molecule has 1 aromatic carbocycles. The van der Waals surface area contributed by atoms with E-state index in [9.17, 15) is 0 Å². The van der Waals surface area contributed by atoms with E-state index in [1.165, 1.54) is 5.56 Å². The lowest BCUT2D eigenvalue weighted by Crippen LogP contribution is -2.40. The van der Waals surface area contributed by atoms with Gasteiger partial charge in [-0.05, 0) is 31.0 Å². The Bertz CT molecular complexity index is 294. The van der Waals surface area contributed by atoms with Gasteiger partial charge in [0, 0.05) is 30.9 Å². The Morgan fingerprint density at radius 3 is 2.31 bits per heavy atom. The van der Waals surface area contributed by atoms with E-state index in [0.29, 0.717) is 0 Å². The second kappa shape index (κ2) is 6.48. The summed E-state index contributed by atoms with van der Waals surface area (Å²) in [7, 11) is 0. The van der Waals surface area contributed by atoms with E-state index in [1.54, 1.807) is 0 Å². The monoisotopic (exact) mass is 222 g/mol. The van der Waals surface area contributed by atoms with E-state index in [2.05, 4.69) is 5.32 Å². The molecule has 0 radical (unpaired) electrons. The Morgan fingerprint density at radius 2 is 1.75 bits per heavy atom. The Labute approximate surface area is 97.2 Å². The van der Waals surface area contributed by atoms with Crippen LogP contribution in [0.5, 0.6) is 0 Å². The normalized spacial score (nSPS) is 14.7. The molecule has 4 heteroatoms. The van der Waals surface area contributed by atoms with Crippen LogP contribution in [-0.4, -0.2) is 25.2 Å². The van der Waals surface area contributed by atoms with Crippen LogP contribution in [0.4, 0.5) is 5.69 Å². The highest BCUT2D eigenvalue weighted by atomic mass is 14.9. The van der Waals surface area contributed by atoms with Gasteiger partial charge in [-0.1, -0.05) is 12.1 Å². The van der Waals surface area contributed by atoms with Crippen molar-refractivity contribution < 1.29 is 0 Å². The maximum Gasteiger partial charge on any atom is 0.0314 e. The fourth-order valence-corrected chi connectivity index (χ4v) is 1.53. The number of benzene rings is 1. The molecule has 0 fully saturated rings. The van der Waals surface area contributed by atoms with Crippen LogP contribution < -0.4 is 22.5 Å². The Kier molecular flexibility index (Phi) is 5.25. The molecule has 0 aliphatic heterocycles. The number of hydrogen-bond donors (Lipinski definition) is 4. The summed E-state index contributed by atoms with van der Waals surface area (Å²) in [4.78, 5) is 0. The van der Waals surface area contributed by atoms with Crippen molar-refractivity contribution in [2.75, 3.05) is 18.8 Å². The quantitative estimate of drug-likeness (QED) is 0.513. The fourth-order valence-electron chi connectivity index (χ4n) is 1.53. The van der Waals surface area contributed by atoms with Crippen molar-refractivity contribution in [3.05, 3.63) is 29.8 Å². The molecular weight excluding hydrogens is 200 g/mol. The molecular formula is C12H22N4. The van der Waals surface area contributed by atoms with Crippen molar-refractivity contribution in [3.8, 4) is 0 Å². The molecule has 90 valence electrons. The average Bonchev–Trinajstić information content (AvgIpc) is 2.21. The molecule has 4 nitrogen and oxygen atoms in total. The van der Waals surface area contributed by atoms with Crippen molar-refractivity contribution in [2.45, 2.75) is 25.4 Å². The molecule has 0 aliphatic rings. The van der Waals surface area contributed by atoms with Gasteiger partial charge in [0.1, 0.15) is 0 Å². The maximum absolute atomic E-state index is 6.00. The molecule has 0 saturated carbocycles. The molecule has 0 aromatic heterocycles. The lowest BCUT2D eigenvalue weighted by atomic mass is 10.1. The number of hydrogen-bond acceptors (Lipinski definition) is 4. The minimum absolute atomic E-state index is 0.113. The molecule has 0 bridgehead atoms. The minimum atomic E-state index is 0.113. The smallest absolute Gasteiger partial charge is 0.0314 e. The van der Waals surface area contributed by atoms with Gasteiger partial charge in [-0.25, -0.2) is 0 Å². The van der Waals surface area contributed by atoms with Crippen LogP contribution in [0.3, 0.4) is 0 Å². The summed E-state index contributed by atoms with van der Waals surface area (Å²) in [6, 6.07) is 8.11. The Hall–Kier alpha value is -1.10. The van der Waals surface area contributed by atoms with Gasteiger partial charge in [0.05, 0.1) is 0 Å². The summed E-state index contributed by atoms with van der Waals surface area (Å²) in [5, 5.41) is 3.24. The van der Waals surface area contributed by atoms with Crippen LogP contribution in [0.2, 0.25) is 0 Å². The van der Waals surface area contributed by atoms with Gasteiger partial charge in [-0.2, -0.15) is 0 Å². The molecule has 0 saturated heterocycles. The number of nitrogens with one attached hydrogen (secondary N) is 1. The van der Waals surface area contributed by atoms with Crippen LogP contribution in [0.15, 0.2) is 24.3 Å². The third-order valence-electron chi connectivity index (χ3n) is 2.35. The second-order valence-electron chi connectivity index (χ2n) is 4.34. The SMILES string of the molecule is C[C@H](N)CNC[C@@H](N)Cc1ccc(N)cc1. The summed E-state index contributed by atoms with van der Waals surface area (Å²) in [5.41, 5.74) is 19.2. The molecule has 0 unspecified atom stereocenters.